The van der Waals surface area contributed by atoms with Crippen LogP contribution in [-0.2, 0) is 0 Å². The Bertz CT molecular complexity index is 315. The third kappa shape index (κ3) is 2.53. The maximum absolute atomic E-state index is 11.3. The maximum atomic E-state index is 11.3. The van der Waals surface area contributed by atoms with Gasteiger partial charge in [0.25, 0.3) is 5.91 Å². The maximum Gasteiger partial charge on any atom is 0.264 e. The van der Waals surface area contributed by atoms with E-state index in [1.807, 2.05) is 13.0 Å². The minimum atomic E-state index is -0.408. The normalized spacial score (nSPS) is 11.7. The average molecular weight is 195 g/mol. The molecular weight excluding hydrogens is 186 g/mol. The fraction of sp³-hybridized carbons (Fsp3) is 0.375. The fourth-order valence-corrected chi connectivity index (χ4v) is 1.31. The van der Waals surface area contributed by atoms with E-state index in [0.717, 1.165) is 0 Å². The molecule has 0 bridgehead atoms. The number of carbonyl (C=O) groups is 1. The summed E-state index contributed by atoms with van der Waals surface area (Å²) in [5.41, 5.74) is 1.59. The molecule has 4 nitrogen and oxygen atoms in total. The molecule has 0 unspecified atom stereocenters. The fourth-order valence-electron chi connectivity index (χ4n) is 0.783. The van der Waals surface area contributed by atoms with Crippen LogP contribution in [0.1, 0.15) is 23.0 Å². The highest BCUT2D eigenvalue weighted by atomic mass is 32.1. The Morgan fingerprint density at radius 1 is 1.92 bits per heavy atom. The van der Waals surface area contributed by atoms with E-state index in [-0.39, 0.29) is 5.91 Å². The molecule has 0 spiro atoms. The van der Waals surface area contributed by atoms with Crippen LogP contribution in [0.4, 0.5) is 0 Å². The van der Waals surface area contributed by atoms with Gasteiger partial charge in [0, 0.05) is 0 Å². The lowest BCUT2D eigenvalue weighted by Crippen LogP contribution is -2.32. The zero-order valence-electron chi connectivity index (χ0n) is 7.15. The zero-order valence-corrected chi connectivity index (χ0v) is 7.97. The number of nitriles is 1. The topological polar surface area (TPSA) is 65.8 Å². The van der Waals surface area contributed by atoms with Crippen LogP contribution in [0.15, 0.2) is 11.7 Å². The van der Waals surface area contributed by atoms with Crippen molar-refractivity contribution in [2.75, 3.05) is 0 Å². The van der Waals surface area contributed by atoms with Gasteiger partial charge in [-0.3, -0.25) is 9.78 Å². The quantitative estimate of drug-likeness (QED) is 0.787. The summed E-state index contributed by atoms with van der Waals surface area (Å²) in [4.78, 5) is 15.7. The van der Waals surface area contributed by atoms with Crippen molar-refractivity contribution < 1.29 is 4.79 Å². The van der Waals surface area contributed by atoms with Crippen molar-refractivity contribution in [1.82, 2.24) is 10.3 Å². The van der Waals surface area contributed by atoms with Gasteiger partial charge in [0.15, 0.2) is 0 Å². The second kappa shape index (κ2) is 4.58. The molecule has 1 heterocycles. The third-order valence-electron chi connectivity index (χ3n) is 1.53. The molecule has 1 aromatic heterocycles. The lowest BCUT2D eigenvalue weighted by Gasteiger charge is -2.06. The average Bonchev–Trinajstić information content (AvgIpc) is 2.66. The van der Waals surface area contributed by atoms with Crippen molar-refractivity contribution in [3.05, 3.63) is 16.6 Å². The van der Waals surface area contributed by atoms with Crippen LogP contribution < -0.4 is 5.32 Å². The van der Waals surface area contributed by atoms with Gasteiger partial charge >= 0.3 is 0 Å². The predicted molar refractivity (Wildman–Crippen MR) is 49.3 cm³/mol. The van der Waals surface area contributed by atoms with E-state index in [0.29, 0.717) is 11.3 Å². The first-order valence-corrected chi connectivity index (χ1v) is 4.74. The van der Waals surface area contributed by atoms with Crippen LogP contribution in [-0.4, -0.2) is 16.9 Å². The molecule has 68 valence electrons. The van der Waals surface area contributed by atoms with Gasteiger partial charge in [-0.2, -0.15) is 5.26 Å². The predicted octanol–water partition coefficient (Wildman–Crippen LogP) is 1.18. The molecule has 1 atom stereocenters. The molecule has 0 aliphatic carbocycles. The Balaban J connectivity index is 2.57. The summed E-state index contributed by atoms with van der Waals surface area (Å²) in [5.74, 6) is -0.226. The molecule has 1 rings (SSSR count). The second-order valence-electron chi connectivity index (χ2n) is 2.43. The van der Waals surface area contributed by atoms with Gasteiger partial charge in [0.1, 0.15) is 10.9 Å². The minimum absolute atomic E-state index is 0.226. The zero-order chi connectivity index (χ0) is 9.68. The Kier molecular flexibility index (Phi) is 3.41. The monoisotopic (exact) mass is 195 g/mol. The van der Waals surface area contributed by atoms with E-state index < -0.39 is 6.04 Å². The van der Waals surface area contributed by atoms with Crippen molar-refractivity contribution >= 4 is 17.2 Å². The molecule has 1 amide bonds. The van der Waals surface area contributed by atoms with Gasteiger partial charge in [0.2, 0.25) is 0 Å². The molecule has 0 aliphatic heterocycles. The lowest BCUT2D eigenvalue weighted by atomic mass is 10.2. The number of hydrogen-bond acceptors (Lipinski definition) is 4. The summed E-state index contributed by atoms with van der Waals surface area (Å²) in [6.45, 7) is 1.85. The summed E-state index contributed by atoms with van der Waals surface area (Å²) in [7, 11) is 0. The van der Waals surface area contributed by atoms with Crippen molar-refractivity contribution in [1.29, 1.82) is 5.26 Å². The number of hydrogen-bond donors (Lipinski definition) is 1. The van der Waals surface area contributed by atoms with Gasteiger partial charge in [-0.25, -0.2) is 0 Å². The van der Waals surface area contributed by atoms with Crippen LogP contribution in [0.25, 0.3) is 0 Å². The first-order valence-electron chi connectivity index (χ1n) is 3.87. The first kappa shape index (κ1) is 9.68. The van der Waals surface area contributed by atoms with Gasteiger partial charge < -0.3 is 5.32 Å². The molecule has 1 N–H and O–H groups in total. The Morgan fingerprint density at radius 3 is 3.15 bits per heavy atom. The van der Waals surface area contributed by atoms with Gasteiger partial charge in [-0.15, -0.1) is 11.3 Å². The van der Waals surface area contributed by atoms with Crippen LogP contribution in [0.5, 0.6) is 0 Å². The Morgan fingerprint density at radius 2 is 2.69 bits per heavy atom. The van der Waals surface area contributed by atoms with Crippen LogP contribution in [0.2, 0.25) is 0 Å². The number of rotatable bonds is 3. The number of nitrogens with zero attached hydrogens (tertiary/aromatic N) is 2. The molecule has 5 heteroatoms. The molecule has 0 saturated carbocycles. The molecular formula is C8H9N3OS. The summed E-state index contributed by atoms with van der Waals surface area (Å²) >= 11 is 1.26. The van der Waals surface area contributed by atoms with Crippen LogP contribution in [0.3, 0.4) is 0 Å². The Labute approximate surface area is 80.2 Å². The lowest BCUT2D eigenvalue weighted by molar-refractivity contribution is 0.0948. The smallest absolute Gasteiger partial charge is 0.264 e. The van der Waals surface area contributed by atoms with E-state index in [1.54, 1.807) is 5.51 Å². The molecule has 0 radical (unpaired) electrons. The van der Waals surface area contributed by atoms with E-state index in [2.05, 4.69) is 10.3 Å². The van der Waals surface area contributed by atoms with Crippen molar-refractivity contribution in [2.24, 2.45) is 0 Å². The summed E-state index contributed by atoms with van der Waals surface area (Å²) in [6.07, 6.45) is 2.10. The summed E-state index contributed by atoms with van der Waals surface area (Å²) in [6, 6.07) is 1.59. The van der Waals surface area contributed by atoms with Crippen LogP contribution in [0, 0.1) is 11.3 Å². The van der Waals surface area contributed by atoms with Gasteiger partial charge in [-0.05, 0) is 6.42 Å². The molecule has 0 aliphatic rings. The highest BCUT2D eigenvalue weighted by molar-refractivity contribution is 7.11. The number of nitrogens with one attached hydrogen (secondary N) is 1. The molecule has 0 fully saturated rings. The van der Waals surface area contributed by atoms with Crippen molar-refractivity contribution in [3.8, 4) is 6.07 Å². The highest BCUT2D eigenvalue weighted by Crippen LogP contribution is 2.05. The van der Waals surface area contributed by atoms with E-state index >= 15 is 0 Å². The van der Waals surface area contributed by atoms with Crippen molar-refractivity contribution in [3.63, 3.8) is 0 Å². The number of amides is 1. The second-order valence-corrected chi connectivity index (χ2v) is 3.32. The summed E-state index contributed by atoms with van der Waals surface area (Å²) in [5, 5.41) is 11.2. The van der Waals surface area contributed by atoms with Gasteiger partial charge in [0.05, 0.1) is 17.8 Å². The molecule has 13 heavy (non-hydrogen) atoms. The number of carbonyl (C=O) groups excluding carboxylic acids is 1. The first-order chi connectivity index (χ1) is 6.27. The van der Waals surface area contributed by atoms with Crippen molar-refractivity contribution in [2.45, 2.75) is 19.4 Å². The number of thiazole rings is 1. The largest absolute Gasteiger partial charge is 0.336 e. The van der Waals surface area contributed by atoms with E-state index in [4.69, 9.17) is 5.26 Å². The minimum Gasteiger partial charge on any atom is -0.336 e. The summed E-state index contributed by atoms with van der Waals surface area (Å²) < 4.78 is 0. The SMILES string of the molecule is CC[C@H](C#N)NC(=O)c1cncs1. The van der Waals surface area contributed by atoms with Crippen LogP contribution >= 0.6 is 11.3 Å². The molecule has 0 saturated heterocycles. The van der Waals surface area contributed by atoms with E-state index in [1.165, 1.54) is 17.5 Å². The third-order valence-corrected chi connectivity index (χ3v) is 2.30. The molecule has 0 aromatic carbocycles. The Hall–Kier alpha value is -1.41. The number of aromatic nitrogens is 1. The standard InChI is InChI=1S/C8H9N3OS/c1-2-6(3-9)11-8(12)7-4-10-5-13-7/h4-6H,2H2,1H3,(H,11,12)/t6-/m1/s1. The van der Waals surface area contributed by atoms with E-state index in [9.17, 15) is 4.79 Å². The van der Waals surface area contributed by atoms with Gasteiger partial charge in [-0.1, -0.05) is 6.92 Å². The molecule has 1 aromatic rings. The highest BCUT2D eigenvalue weighted by Gasteiger charge is 2.11.